The van der Waals surface area contributed by atoms with Crippen molar-refractivity contribution in [2.24, 2.45) is 5.10 Å². The number of amides is 1. The number of benzene rings is 2. The topological polar surface area (TPSA) is 94.0 Å². The minimum absolute atomic E-state index is 0.149. The summed E-state index contributed by atoms with van der Waals surface area (Å²) in [6.07, 6.45) is 1.08. The van der Waals surface area contributed by atoms with E-state index >= 15 is 0 Å². The van der Waals surface area contributed by atoms with Crippen molar-refractivity contribution in [1.82, 2.24) is 5.43 Å². The van der Waals surface area contributed by atoms with Gasteiger partial charge in [0.2, 0.25) is 0 Å². The Bertz CT molecular complexity index is 1290. The third-order valence-electron chi connectivity index (χ3n) is 4.44. The van der Waals surface area contributed by atoms with E-state index in [9.17, 15) is 9.59 Å². The van der Waals surface area contributed by atoms with Crippen molar-refractivity contribution in [3.63, 3.8) is 0 Å². The lowest BCUT2D eigenvalue weighted by molar-refractivity contribution is 0.0378. The summed E-state index contributed by atoms with van der Waals surface area (Å²) in [4.78, 5) is 24.7. The van der Waals surface area contributed by atoms with Gasteiger partial charge in [0.15, 0.2) is 5.76 Å². The van der Waals surface area contributed by atoms with E-state index in [0.717, 1.165) is 5.39 Å². The molecule has 0 aliphatic carbocycles. The quantitative estimate of drug-likeness (QED) is 0.232. The number of nitrogens with zero attached hydrogens (tertiary/aromatic N) is 1. The molecule has 2 aromatic carbocycles. The summed E-state index contributed by atoms with van der Waals surface area (Å²) < 4.78 is 16.6. The molecule has 0 aliphatic heterocycles. The Kier molecular flexibility index (Phi) is 6.09. The smallest absolute Gasteiger partial charge is 0.339 e. The van der Waals surface area contributed by atoms with Crippen LogP contribution in [0.2, 0.25) is 5.02 Å². The van der Waals surface area contributed by atoms with Crippen molar-refractivity contribution in [3.05, 3.63) is 82.8 Å². The molecule has 162 valence electrons. The number of halogens is 1. The van der Waals surface area contributed by atoms with Crippen LogP contribution >= 0.6 is 11.6 Å². The summed E-state index contributed by atoms with van der Waals surface area (Å²) in [5.74, 6) is -0.0359. The van der Waals surface area contributed by atoms with E-state index in [-0.39, 0.29) is 11.9 Å². The van der Waals surface area contributed by atoms with Crippen LogP contribution in [0.25, 0.3) is 22.3 Å². The van der Waals surface area contributed by atoms with Gasteiger partial charge in [-0.1, -0.05) is 29.8 Å². The minimum Gasteiger partial charge on any atom is -0.459 e. The van der Waals surface area contributed by atoms with Crippen molar-refractivity contribution in [2.45, 2.75) is 20.0 Å². The van der Waals surface area contributed by atoms with Crippen LogP contribution < -0.4 is 5.43 Å². The zero-order chi connectivity index (χ0) is 22.7. The molecule has 0 saturated heterocycles. The molecule has 8 heteroatoms. The SMILES string of the molecule is CC(C)OC(=O)c1ccc(Cl)cc1-c1ccc(/C=N/NC(=O)c2cc3ccccc3o2)o1. The van der Waals surface area contributed by atoms with Crippen LogP contribution in [-0.4, -0.2) is 24.2 Å². The molecule has 0 atom stereocenters. The van der Waals surface area contributed by atoms with Crippen LogP contribution in [0.4, 0.5) is 0 Å². The van der Waals surface area contributed by atoms with Gasteiger partial charge in [-0.3, -0.25) is 4.79 Å². The van der Waals surface area contributed by atoms with Gasteiger partial charge in [-0.05, 0) is 56.3 Å². The lowest BCUT2D eigenvalue weighted by Crippen LogP contribution is -2.16. The van der Waals surface area contributed by atoms with Crippen molar-refractivity contribution < 1.29 is 23.2 Å². The summed E-state index contributed by atoms with van der Waals surface area (Å²) in [5.41, 5.74) is 3.84. The Morgan fingerprint density at radius 2 is 1.88 bits per heavy atom. The summed E-state index contributed by atoms with van der Waals surface area (Å²) in [6, 6.07) is 17.1. The van der Waals surface area contributed by atoms with Crippen LogP contribution in [0.15, 0.2) is 74.6 Å². The van der Waals surface area contributed by atoms with Crippen LogP contribution in [-0.2, 0) is 4.74 Å². The first kappa shape index (κ1) is 21.4. The molecule has 0 bridgehead atoms. The standard InChI is InChI=1S/C24H19ClN2O5/c1-14(2)30-24(29)18-9-7-16(25)12-19(18)21-10-8-17(31-21)13-26-27-23(28)22-11-15-5-3-4-6-20(15)32-22/h3-14H,1-2H3,(H,27,28)/b26-13+. The lowest BCUT2D eigenvalue weighted by Gasteiger charge is -2.11. The summed E-state index contributed by atoms with van der Waals surface area (Å²) >= 11 is 6.11. The van der Waals surface area contributed by atoms with E-state index in [2.05, 4.69) is 10.5 Å². The number of esters is 1. The second kappa shape index (κ2) is 9.11. The first-order valence-corrected chi connectivity index (χ1v) is 10.2. The summed E-state index contributed by atoms with van der Waals surface area (Å²) in [7, 11) is 0. The van der Waals surface area contributed by atoms with Crippen molar-refractivity contribution >= 4 is 40.7 Å². The highest BCUT2D eigenvalue weighted by Crippen LogP contribution is 2.29. The average molecular weight is 451 g/mol. The van der Waals surface area contributed by atoms with E-state index in [1.54, 1.807) is 56.3 Å². The number of carbonyl (C=O) groups excluding carboxylic acids is 2. The molecule has 7 nitrogen and oxygen atoms in total. The van der Waals surface area contributed by atoms with Crippen LogP contribution in [0.1, 0.15) is 40.5 Å². The second-order valence-corrected chi connectivity index (χ2v) is 7.63. The highest BCUT2D eigenvalue weighted by molar-refractivity contribution is 6.31. The molecule has 2 aromatic heterocycles. The number of hydrogen-bond acceptors (Lipinski definition) is 6. The molecule has 2 heterocycles. The molecular weight excluding hydrogens is 432 g/mol. The molecule has 0 spiro atoms. The van der Waals surface area contributed by atoms with E-state index in [1.165, 1.54) is 6.21 Å². The maximum absolute atomic E-state index is 12.4. The number of fused-ring (bicyclic) bond motifs is 1. The first-order chi connectivity index (χ1) is 15.4. The number of ether oxygens (including phenoxy) is 1. The van der Waals surface area contributed by atoms with Gasteiger partial charge in [0.05, 0.1) is 17.9 Å². The Hall–Kier alpha value is -3.84. The molecule has 0 radical (unpaired) electrons. The Labute approximate surface area is 188 Å². The van der Waals surface area contributed by atoms with Gasteiger partial charge in [-0.2, -0.15) is 5.10 Å². The fraction of sp³-hybridized carbons (Fsp3) is 0.125. The second-order valence-electron chi connectivity index (χ2n) is 7.19. The Morgan fingerprint density at radius 1 is 1.06 bits per heavy atom. The number of para-hydroxylation sites is 1. The maximum Gasteiger partial charge on any atom is 0.339 e. The molecule has 1 amide bonds. The van der Waals surface area contributed by atoms with Crippen LogP contribution in [0.3, 0.4) is 0 Å². The van der Waals surface area contributed by atoms with E-state index in [1.807, 2.05) is 18.2 Å². The number of rotatable bonds is 6. The Balaban J connectivity index is 1.49. The zero-order valence-electron chi connectivity index (χ0n) is 17.3. The first-order valence-electron chi connectivity index (χ1n) is 9.83. The third-order valence-corrected chi connectivity index (χ3v) is 4.68. The van der Waals surface area contributed by atoms with E-state index in [4.69, 9.17) is 25.2 Å². The maximum atomic E-state index is 12.4. The monoisotopic (exact) mass is 450 g/mol. The predicted octanol–water partition coefficient (Wildman–Crippen LogP) is 5.68. The fourth-order valence-electron chi connectivity index (χ4n) is 3.05. The van der Waals surface area contributed by atoms with E-state index in [0.29, 0.717) is 33.3 Å². The van der Waals surface area contributed by atoms with Gasteiger partial charge >= 0.3 is 11.9 Å². The average Bonchev–Trinajstić information content (AvgIpc) is 3.40. The molecule has 32 heavy (non-hydrogen) atoms. The van der Waals surface area contributed by atoms with Gasteiger partial charge in [-0.25, -0.2) is 10.2 Å². The molecule has 1 N–H and O–H groups in total. The molecular formula is C24H19ClN2O5. The van der Waals surface area contributed by atoms with Crippen LogP contribution in [0, 0.1) is 0 Å². The highest BCUT2D eigenvalue weighted by atomic mass is 35.5. The molecule has 4 rings (SSSR count). The normalized spacial score (nSPS) is 11.4. The lowest BCUT2D eigenvalue weighted by atomic mass is 10.1. The summed E-state index contributed by atoms with van der Waals surface area (Å²) in [6.45, 7) is 3.54. The predicted molar refractivity (Wildman–Crippen MR) is 121 cm³/mol. The minimum atomic E-state index is -0.488. The van der Waals surface area contributed by atoms with Crippen molar-refractivity contribution in [2.75, 3.05) is 0 Å². The molecule has 0 unspecified atom stereocenters. The number of carbonyl (C=O) groups is 2. The Morgan fingerprint density at radius 3 is 2.66 bits per heavy atom. The largest absolute Gasteiger partial charge is 0.459 e. The number of furan rings is 2. The fourth-order valence-corrected chi connectivity index (χ4v) is 3.22. The van der Waals surface area contributed by atoms with Crippen molar-refractivity contribution in [1.29, 1.82) is 0 Å². The molecule has 4 aromatic rings. The van der Waals surface area contributed by atoms with E-state index < -0.39 is 11.9 Å². The zero-order valence-corrected chi connectivity index (χ0v) is 18.1. The van der Waals surface area contributed by atoms with Gasteiger partial charge in [0.25, 0.3) is 0 Å². The van der Waals surface area contributed by atoms with Gasteiger partial charge < -0.3 is 13.6 Å². The number of hydrogen-bond donors (Lipinski definition) is 1. The molecule has 0 saturated carbocycles. The van der Waals surface area contributed by atoms with Gasteiger partial charge in [-0.15, -0.1) is 0 Å². The van der Waals surface area contributed by atoms with Crippen LogP contribution in [0.5, 0.6) is 0 Å². The van der Waals surface area contributed by atoms with Gasteiger partial charge in [0.1, 0.15) is 17.1 Å². The van der Waals surface area contributed by atoms with Crippen molar-refractivity contribution in [3.8, 4) is 11.3 Å². The van der Waals surface area contributed by atoms with Gasteiger partial charge in [0, 0.05) is 16.0 Å². The number of hydrazone groups is 1. The molecule has 0 fully saturated rings. The summed E-state index contributed by atoms with van der Waals surface area (Å²) in [5, 5.41) is 5.19. The third kappa shape index (κ3) is 4.73. The number of nitrogens with one attached hydrogen (secondary N) is 1. The molecule has 0 aliphatic rings. The highest BCUT2D eigenvalue weighted by Gasteiger charge is 2.18.